The number of nitrogens with zero attached hydrogens (tertiary/aromatic N) is 2. The first-order valence-electron chi connectivity index (χ1n) is 6.05. The zero-order chi connectivity index (χ0) is 11.8. The summed E-state index contributed by atoms with van der Waals surface area (Å²) in [7, 11) is 0. The highest BCUT2D eigenvalue weighted by Gasteiger charge is 2.18. The normalized spacial score (nSPS) is 19.1. The van der Waals surface area contributed by atoms with Crippen LogP contribution in [-0.4, -0.2) is 9.55 Å². The zero-order valence-electron chi connectivity index (χ0n) is 9.86. The Balaban J connectivity index is 2.03. The van der Waals surface area contributed by atoms with E-state index in [1.54, 1.807) is 12.1 Å². The fraction of sp³-hybridized carbons (Fsp3) is 0.357. The van der Waals surface area contributed by atoms with Gasteiger partial charge in [0.1, 0.15) is 11.6 Å². The Hall–Kier alpha value is -1.64. The van der Waals surface area contributed by atoms with Gasteiger partial charge >= 0.3 is 0 Å². The molecule has 17 heavy (non-hydrogen) atoms. The first kappa shape index (κ1) is 10.5. The van der Waals surface area contributed by atoms with Crippen LogP contribution in [0.1, 0.15) is 19.2 Å². The van der Waals surface area contributed by atoms with Gasteiger partial charge in [-0.15, -0.1) is 0 Å². The molecule has 1 aromatic carbocycles. The summed E-state index contributed by atoms with van der Waals surface area (Å²) < 4.78 is 15.8. The Morgan fingerprint density at radius 1 is 1.35 bits per heavy atom. The average molecular weight is 230 g/mol. The molecule has 3 heteroatoms. The van der Waals surface area contributed by atoms with Crippen molar-refractivity contribution in [2.24, 2.45) is 5.92 Å². The van der Waals surface area contributed by atoms with Crippen LogP contribution in [0, 0.1) is 11.7 Å². The van der Waals surface area contributed by atoms with E-state index in [4.69, 9.17) is 0 Å². The van der Waals surface area contributed by atoms with E-state index in [1.165, 1.54) is 12.5 Å². The second-order valence-corrected chi connectivity index (χ2v) is 4.81. The minimum atomic E-state index is -0.198. The highest BCUT2D eigenvalue weighted by atomic mass is 19.1. The van der Waals surface area contributed by atoms with Crippen LogP contribution in [0.3, 0.4) is 0 Å². The van der Waals surface area contributed by atoms with Crippen LogP contribution in [-0.2, 0) is 13.0 Å². The third-order valence-corrected chi connectivity index (χ3v) is 3.40. The van der Waals surface area contributed by atoms with E-state index in [1.807, 2.05) is 12.3 Å². The molecule has 0 saturated heterocycles. The summed E-state index contributed by atoms with van der Waals surface area (Å²) >= 11 is 0. The maximum absolute atomic E-state index is 13.7. The summed E-state index contributed by atoms with van der Waals surface area (Å²) in [6.07, 6.45) is 4.15. The van der Waals surface area contributed by atoms with E-state index in [0.29, 0.717) is 11.5 Å². The summed E-state index contributed by atoms with van der Waals surface area (Å²) in [6.45, 7) is 3.24. The van der Waals surface area contributed by atoms with Crippen LogP contribution >= 0.6 is 0 Å². The van der Waals surface area contributed by atoms with Crippen LogP contribution in [0.4, 0.5) is 4.39 Å². The van der Waals surface area contributed by atoms with Crippen molar-refractivity contribution >= 4 is 0 Å². The van der Waals surface area contributed by atoms with E-state index < -0.39 is 0 Å². The van der Waals surface area contributed by atoms with Gasteiger partial charge in [-0.2, -0.15) is 0 Å². The Labute approximate surface area is 100 Å². The number of imidazole rings is 1. The van der Waals surface area contributed by atoms with Gasteiger partial charge in [0, 0.05) is 24.7 Å². The molecule has 0 amide bonds. The molecule has 2 aromatic rings. The first-order chi connectivity index (χ1) is 8.24. The Kier molecular flexibility index (Phi) is 2.46. The summed E-state index contributed by atoms with van der Waals surface area (Å²) in [6, 6.07) is 6.82. The molecule has 2 nitrogen and oxygen atoms in total. The van der Waals surface area contributed by atoms with Gasteiger partial charge in [0.25, 0.3) is 0 Å². The standard InChI is InChI=1S/C14H15FN2/c1-10-6-7-17-9-13(16-14(17)8-10)11-4-2-3-5-12(11)15/h2-5,9-10H,6-8H2,1H3/t10-/m0/s1. The first-order valence-corrected chi connectivity index (χ1v) is 6.05. The number of hydrogen-bond donors (Lipinski definition) is 0. The highest BCUT2D eigenvalue weighted by Crippen LogP contribution is 2.26. The molecule has 1 aliphatic heterocycles. The molecule has 0 unspecified atom stereocenters. The second kappa shape index (κ2) is 3.99. The van der Waals surface area contributed by atoms with Gasteiger partial charge in [-0.05, 0) is 24.5 Å². The van der Waals surface area contributed by atoms with Crippen molar-refractivity contribution in [2.75, 3.05) is 0 Å². The van der Waals surface area contributed by atoms with Gasteiger partial charge in [-0.1, -0.05) is 19.1 Å². The lowest BCUT2D eigenvalue weighted by molar-refractivity contribution is 0.409. The number of rotatable bonds is 1. The van der Waals surface area contributed by atoms with Crippen molar-refractivity contribution in [2.45, 2.75) is 26.3 Å². The minimum Gasteiger partial charge on any atom is -0.334 e. The molecule has 1 aliphatic rings. The van der Waals surface area contributed by atoms with Gasteiger partial charge in [-0.25, -0.2) is 9.37 Å². The van der Waals surface area contributed by atoms with Crippen molar-refractivity contribution in [1.29, 1.82) is 0 Å². The summed E-state index contributed by atoms with van der Waals surface area (Å²) in [4.78, 5) is 4.56. The molecule has 0 aliphatic carbocycles. The molecular formula is C14H15FN2. The lowest BCUT2D eigenvalue weighted by Crippen LogP contribution is -2.16. The van der Waals surface area contributed by atoms with E-state index in [9.17, 15) is 4.39 Å². The van der Waals surface area contributed by atoms with Crippen molar-refractivity contribution in [3.05, 3.63) is 42.1 Å². The molecule has 0 saturated carbocycles. The van der Waals surface area contributed by atoms with Crippen molar-refractivity contribution < 1.29 is 4.39 Å². The largest absolute Gasteiger partial charge is 0.334 e. The van der Waals surface area contributed by atoms with Gasteiger partial charge in [0.05, 0.1) is 5.69 Å². The molecule has 1 atom stereocenters. The number of aromatic nitrogens is 2. The van der Waals surface area contributed by atoms with Crippen LogP contribution in [0.2, 0.25) is 0 Å². The Morgan fingerprint density at radius 3 is 3.00 bits per heavy atom. The maximum atomic E-state index is 13.7. The molecular weight excluding hydrogens is 215 g/mol. The number of aryl methyl sites for hydroxylation is 1. The van der Waals surface area contributed by atoms with Crippen LogP contribution in [0.5, 0.6) is 0 Å². The Morgan fingerprint density at radius 2 is 2.18 bits per heavy atom. The van der Waals surface area contributed by atoms with Crippen LogP contribution in [0.25, 0.3) is 11.3 Å². The monoisotopic (exact) mass is 230 g/mol. The van der Waals surface area contributed by atoms with Crippen LogP contribution < -0.4 is 0 Å². The quantitative estimate of drug-likeness (QED) is 0.735. The van der Waals surface area contributed by atoms with E-state index in [2.05, 4.69) is 16.5 Å². The number of halogens is 1. The van der Waals surface area contributed by atoms with Crippen molar-refractivity contribution in [1.82, 2.24) is 9.55 Å². The summed E-state index contributed by atoms with van der Waals surface area (Å²) in [5.74, 6) is 1.57. The van der Waals surface area contributed by atoms with E-state index in [0.717, 1.165) is 24.5 Å². The lowest BCUT2D eigenvalue weighted by atomic mass is 10.0. The topological polar surface area (TPSA) is 17.8 Å². The van der Waals surface area contributed by atoms with Gasteiger partial charge in [0.2, 0.25) is 0 Å². The SMILES string of the molecule is C[C@H]1CCn2cc(-c3ccccc3F)nc2C1. The smallest absolute Gasteiger partial charge is 0.132 e. The van der Waals surface area contributed by atoms with E-state index in [-0.39, 0.29) is 5.82 Å². The second-order valence-electron chi connectivity index (χ2n) is 4.81. The summed E-state index contributed by atoms with van der Waals surface area (Å²) in [5.41, 5.74) is 1.36. The minimum absolute atomic E-state index is 0.198. The number of benzene rings is 1. The molecule has 0 radical (unpaired) electrons. The predicted octanol–water partition coefficient (Wildman–Crippen LogP) is 3.27. The molecule has 0 N–H and O–H groups in total. The van der Waals surface area contributed by atoms with Crippen molar-refractivity contribution in [3.8, 4) is 11.3 Å². The molecule has 3 rings (SSSR count). The zero-order valence-corrected chi connectivity index (χ0v) is 9.86. The number of hydrogen-bond acceptors (Lipinski definition) is 1. The fourth-order valence-electron chi connectivity index (χ4n) is 2.38. The average Bonchev–Trinajstić information content (AvgIpc) is 2.72. The Bertz CT molecular complexity index is 545. The van der Waals surface area contributed by atoms with Crippen LogP contribution in [0.15, 0.2) is 30.5 Å². The molecule has 0 fully saturated rings. The van der Waals surface area contributed by atoms with Gasteiger partial charge in [-0.3, -0.25) is 0 Å². The molecule has 88 valence electrons. The molecule has 2 heterocycles. The number of fused-ring (bicyclic) bond motifs is 1. The van der Waals surface area contributed by atoms with E-state index >= 15 is 0 Å². The van der Waals surface area contributed by atoms with Gasteiger partial charge < -0.3 is 4.57 Å². The molecule has 0 spiro atoms. The maximum Gasteiger partial charge on any atom is 0.132 e. The highest BCUT2D eigenvalue weighted by molar-refractivity contribution is 5.59. The third-order valence-electron chi connectivity index (χ3n) is 3.40. The lowest BCUT2D eigenvalue weighted by Gasteiger charge is -2.18. The van der Waals surface area contributed by atoms with Gasteiger partial charge in [0.15, 0.2) is 0 Å². The summed E-state index contributed by atoms with van der Waals surface area (Å²) in [5, 5.41) is 0. The fourth-order valence-corrected chi connectivity index (χ4v) is 2.38. The van der Waals surface area contributed by atoms with Crippen molar-refractivity contribution in [3.63, 3.8) is 0 Å². The predicted molar refractivity (Wildman–Crippen MR) is 65.1 cm³/mol. The molecule has 1 aromatic heterocycles. The molecule has 0 bridgehead atoms. The third kappa shape index (κ3) is 1.86.